The number of hydrogen-bond acceptors (Lipinski definition) is 2. The molecule has 11 heavy (non-hydrogen) atoms. The minimum Gasteiger partial charge on any atom is -0.279 e. The van der Waals surface area contributed by atoms with Crippen LogP contribution in [0.4, 0.5) is 0 Å². The molecular weight excluding hydrogens is 154 g/mol. The SMILES string of the molecule is Cc1nnn([Si](C)(C)C)c1C. The summed E-state index contributed by atoms with van der Waals surface area (Å²) >= 11 is 0. The molecule has 0 aromatic carbocycles. The zero-order chi connectivity index (χ0) is 8.65. The van der Waals surface area contributed by atoms with Crippen LogP contribution in [0.1, 0.15) is 11.4 Å². The molecular formula is C7H15N3Si. The Morgan fingerprint density at radius 3 is 1.91 bits per heavy atom. The van der Waals surface area contributed by atoms with Crippen LogP contribution in [0.5, 0.6) is 0 Å². The maximum atomic E-state index is 4.11. The van der Waals surface area contributed by atoms with Gasteiger partial charge in [0.15, 0.2) is 8.24 Å². The molecule has 3 nitrogen and oxygen atoms in total. The Labute approximate surface area is 68.5 Å². The van der Waals surface area contributed by atoms with Crippen LogP contribution >= 0.6 is 0 Å². The van der Waals surface area contributed by atoms with E-state index in [2.05, 4.69) is 41.2 Å². The Morgan fingerprint density at radius 1 is 1.18 bits per heavy atom. The van der Waals surface area contributed by atoms with E-state index < -0.39 is 8.24 Å². The highest BCUT2D eigenvalue weighted by atomic mass is 28.3. The zero-order valence-electron chi connectivity index (χ0n) is 7.84. The van der Waals surface area contributed by atoms with Crippen LogP contribution in [0.3, 0.4) is 0 Å². The molecule has 1 heterocycles. The van der Waals surface area contributed by atoms with E-state index in [0.29, 0.717) is 0 Å². The van der Waals surface area contributed by atoms with Gasteiger partial charge in [-0.25, -0.2) is 0 Å². The Bertz CT molecular complexity index is 259. The summed E-state index contributed by atoms with van der Waals surface area (Å²) in [5.74, 6) is 0. The normalized spacial score (nSPS) is 12.1. The van der Waals surface area contributed by atoms with Gasteiger partial charge in [0.05, 0.1) is 5.69 Å². The van der Waals surface area contributed by atoms with Gasteiger partial charge >= 0.3 is 0 Å². The topological polar surface area (TPSA) is 30.7 Å². The van der Waals surface area contributed by atoms with E-state index in [9.17, 15) is 0 Å². The maximum Gasteiger partial charge on any atom is 0.178 e. The summed E-state index contributed by atoms with van der Waals surface area (Å²) in [7, 11) is -1.31. The molecule has 0 amide bonds. The third kappa shape index (κ3) is 1.50. The maximum absolute atomic E-state index is 4.11. The minimum atomic E-state index is -1.31. The second kappa shape index (κ2) is 2.44. The predicted molar refractivity (Wildman–Crippen MR) is 48.2 cm³/mol. The first-order valence-corrected chi connectivity index (χ1v) is 7.27. The third-order valence-electron chi connectivity index (χ3n) is 1.76. The Kier molecular flexibility index (Phi) is 1.88. The van der Waals surface area contributed by atoms with Gasteiger partial charge in [-0.15, -0.1) is 5.10 Å². The smallest absolute Gasteiger partial charge is 0.178 e. The van der Waals surface area contributed by atoms with Crippen molar-refractivity contribution in [1.82, 2.24) is 14.7 Å². The van der Waals surface area contributed by atoms with E-state index in [1.807, 2.05) is 6.92 Å². The van der Waals surface area contributed by atoms with E-state index in [1.54, 1.807) is 0 Å². The minimum absolute atomic E-state index is 1.05. The van der Waals surface area contributed by atoms with Crippen molar-refractivity contribution in [2.45, 2.75) is 33.5 Å². The van der Waals surface area contributed by atoms with Crippen LogP contribution in [0.15, 0.2) is 0 Å². The summed E-state index contributed by atoms with van der Waals surface area (Å²) in [6, 6.07) is 0. The van der Waals surface area contributed by atoms with E-state index in [1.165, 1.54) is 5.69 Å². The van der Waals surface area contributed by atoms with Gasteiger partial charge in [-0.2, -0.15) is 0 Å². The second-order valence-corrected chi connectivity index (χ2v) is 8.61. The van der Waals surface area contributed by atoms with Gasteiger partial charge in [0, 0.05) is 5.69 Å². The van der Waals surface area contributed by atoms with Crippen LogP contribution in [-0.2, 0) is 0 Å². The first-order valence-electron chi connectivity index (χ1n) is 3.82. The summed E-state index contributed by atoms with van der Waals surface area (Å²) in [5.41, 5.74) is 2.26. The van der Waals surface area contributed by atoms with E-state index in [0.717, 1.165) is 5.69 Å². The van der Waals surface area contributed by atoms with Gasteiger partial charge in [-0.05, 0) is 33.5 Å². The third-order valence-corrected chi connectivity index (χ3v) is 3.46. The van der Waals surface area contributed by atoms with Crippen molar-refractivity contribution in [2.75, 3.05) is 0 Å². The van der Waals surface area contributed by atoms with Crippen LogP contribution < -0.4 is 0 Å². The number of hydrogen-bond donors (Lipinski definition) is 0. The highest BCUT2D eigenvalue weighted by Gasteiger charge is 2.20. The molecule has 0 atom stereocenters. The highest BCUT2D eigenvalue weighted by molar-refractivity contribution is 6.74. The molecule has 0 aliphatic rings. The zero-order valence-corrected chi connectivity index (χ0v) is 8.84. The number of rotatable bonds is 1. The molecule has 0 N–H and O–H groups in total. The summed E-state index contributed by atoms with van der Waals surface area (Å²) in [5, 5.41) is 8.15. The fourth-order valence-electron chi connectivity index (χ4n) is 1.04. The van der Waals surface area contributed by atoms with Crippen molar-refractivity contribution in [2.24, 2.45) is 0 Å². The molecule has 0 aliphatic heterocycles. The predicted octanol–water partition coefficient (Wildman–Crippen LogP) is 1.58. The molecule has 0 bridgehead atoms. The molecule has 0 aliphatic carbocycles. The molecule has 0 fully saturated rings. The van der Waals surface area contributed by atoms with Gasteiger partial charge in [0.2, 0.25) is 0 Å². The van der Waals surface area contributed by atoms with Crippen LogP contribution in [0, 0.1) is 13.8 Å². The van der Waals surface area contributed by atoms with Gasteiger partial charge < -0.3 is 0 Å². The van der Waals surface area contributed by atoms with Crippen LogP contribution in [0.25, 0.3) is 0 Å². The molecule has 0 unspecified atom stereocenters. The molecule has 0 radical (unpaired) electrons. The number of aromatic nitrogens is 3. The lowest BCUT2D eigenvalue weighted by atomic mass is 10.4. The number of nitrogens with zero attached hydrogens (tertiary/aromatic N) is 3. The Balaban J connectivity index is 3.15. The molecule has 62 valence electrons. The number of aryl methyl sites for hydroxylation is 1. The van der Waals surface area contributed by atoms with Crippen molar-refractivity contribution in [3.05, 3.63) is 11.4 Å². The fraction of sp³-hybridized carbons (Fsp3) is 0.714. The Morgan fingerprint density at radius 2 is 1.73 bits per heavy atom. The fourth-order valence-corrected chi connectivity index (χ4v) is 2.52. The molecule has 1 rings (SSSR count). The first-order chi connectivity index (χ1) is 4.93. The van der Waals surface area contributed by atoms with Gasteiger partial charge in [0.1, 0.15) is 0 Å². The van der Waals surface area contributed by atoms with Gasteiger partial charge in [-0.1, -0.05) is 5.21 Å². The first kappa shape index (κ1) is 8.45. The molecule has 1 aromatic heterocycles. The summed E-state index contributed by atoms with van der Waals surface area (Å²) in [4.78, 5) is 0. The molecule has 4 heteroatoms. The van der Waals surface area contributed by atoms with Crippen molar-refractivity contribution < 1.29 is 0 Å². The van der Waals surface area contributed by atoms with Crippen LogP contribution in [0.2, 0.25) is 19.6 Å². The van der Waals surface area contributed by atoms with E-state index in [-0.39, 0.29) is 0 Å². The molecule has 0 spiro atoms. The lowest BCUT2D eigenvalue weighted by Gasteiger charge is -2.17. The Hall–Kier alpha value is -0.643. The van der Waals surface area contributed by atoms with Crippen molar-refractivity contribution >= 4 is 8.24 Å². The van der Waals surface area contributed by atoms with Gasteiger partial charge in [-0.3, -0.25) is 4.35 Å². The molecule has 1 aromatic rings. The highest BCUT2D eigenvalue weighted by Crippen LogP contribution is 2.09. The average Bonchev–Trinajstić information content (AvgIpc) is 2.11. The van der Waals surface area contributed by atoms with E-state index >= 15 is 0 Å². The van der Waals surface area contributed by atoms with Crippen molar-refractivity contribution in [1.29, 1.82) is 0 Å². The molecule has 0 saturated heterocycles. The summed E-state index contributed by atoms with van der Waals surface area (Å²) in [6.07, 6.45) is 0. The van der Waals surface area contributed by atoms with Crippen molar-refractivity contribution in [3.8, 4) is 0 Å². The van der Waals surface area contributed by atoms with Gasteiger partial charge in [0.25, 0.3) is 0 Å². The van der Waals surface area contributed by atoms with Crippen LogP contribution in [-0.4, -0.2) is 22.9 Å². The lowest BCUT2D eigenvalue weighted by molar-refractivity contribution is 0.824. The van der Waals surface area contributed by atoms with E-state index in [4.69, 9.17) is 0 Å². The summed E-state index contributed by atoms with van der Waals surface area (Å²) in [6.45, 7) is 10.9. The largest absolute Gasteiger partial charge is 0.279 e. The quantitative estimate of drug-likeness (QED) is 0.598. The summed E-state index contributed by atoms with van der Waals surface area (Å²) < 4.78 is 2.09. The molecule has 0 saturated carbocycles. The standard InChI is InChI=1S/C7H15N3Si/c1-6-7(2)10(9-8-6)11(3,4)5/h1-5H3. The lowest BCUT2D eigenvalue weighted by Crippen LogP contribution is -2.34. The van der Waals surface area contributed by atoms with Crippen molar-refractivity contribution in [3.63, 3.8) is 0 Å². The monoisotopic (exact) mass is 169 g/mol. The average molecular weight is 169 g/mol. The second-order valence-electron chi connectivity index (χ2n) is 3.84.